The van der Waals surface area contributed by atoms with Crippen molar-refractivity contribution in [2.75, 3.05) is 0 Å². The maximum atomic E-state index is 6.08. The Morgan fingerprint density at radius 1 is 0.844 bits per heavy atom. The first-order chi connectivity index (χ1) is 21.2. The van der Waals surface area contributed by atoms with Crippen molar-refractivity contribution in [1.29, 1.82) is 0 Å². The average molecular weight is 790 g/mol. The molecule has 6 rings (SSSR count). The smallest absolute Gasteiger partial charge is 0.121 e. The molecule has 0 saturated heterocycles. The van der Waals surface area contributed by atoms with E-state index >= 15 is 0 Å². The van der Waals surface area contributed by atoms with Gasteiger partial charge in [0.15, 0.2) is 0 Å². The summed E-state index contributed by atoms with van der Waals surface area (Å²) in [5.74, 6) is 1.22. The topological polar surface area (TPSA) is 51.8 Å². The molecular formula is C39H43IrN3OSi-2. The van der Waals surface area contributed by atoms with Crippen molar-refractivity contribution >= 4 is 35.2 Å². The average Bonchev–Trinajstić information content (AvgIpc) is 3.41. The van der Waals surface area contributed by atoms with E-state index in [0.717, 1.165) is 63.7 Å². The molecule has 6 heteroatoms. The van der Waals surface area contributed by atoms with Gasteiger partial charge in [0.1, 0.15) is 5.58 Å². The van der Waals surface area contributed by atoms with Crippen LogP contribution in [0.1, 0.15) is 57.6 Å². The number of rotatable bonds is 8. The Labute approximate surface area is 283 Å². The Bertz CT molecular complexity index is 1840. The molecule has 4 heterocycles. The van der Waals surface area contributed by atoms with E-state index < -0.39 is 8.07 Å². The fourth-order valence-electron chi connectivity index (χ4n) is 5.84. The summed E-state index contributed by atoms with van der Waals surface area (Å²) < 4.78 is 6.08. The van der Waals surface area contributed by atoms with Gasteiger partial charge in [-0.3, -0.25) is 0 Å². The van der Waals surface area contributed by atoms with Gasteiger partial charge < -0.3 is 19.4 Å². The van der Waals surface area contributed by atoms with Crippen molar-refractivity contribution in [3.8, 4) is 22.5 Å². The van der Waals surface area contributed by atoms with Gasteiger partial charge in [-0.15, -0.1) is 35.9 Å². The van der Waals surface area contributed by atoms with Crippen LogP contribution in [0.4, 0.5) is 0 Å². The normalized spacial score (nSPS) is 11.5. The van der Waals surface area contributed by atoms with E-state index in [0.29, 0.717) is 11.8 Å². The number of fused-ring (bicyclic) bond motifs is 3. The van der Waals surface area contributed by atoms with Gasteiger partial charge in [-0.05, 0) is 77.6 Å². The van der Waals surface area contributed by atoms with Gasteiger partial charge in [0.2, 0.25) is 0 Å². The number of benzene rings is 2. The van der Waals surface area contributed by atoms with Crippen LogP contribution in [0, 0.1) is 18.2 Å². The Hall–Kier alpha value is -3.44. The maximum Gasteiger partial charge on any atom is 0.121 e. The van der Waals surface area contributed by atoms with Crippen LogP contribution in [0.25, 0.3) is 44.5 Å². The van der Waals surface area contributed by atoms with Gasteiger partial charge in [0.05, 0.1) is 13.7 Å². The second-order valence-corrected chi connectivity index (χ2v) is 18.0. The molecule has 1 radical (unpaired) electrons. The summed E-state index contributed by atoms with van der Waals surface area (Å²) in [4.78, 5) is 13.5. The molecule has 0 unspecified atom stereocenters. The molecule has 0 saturated carbocycles. The molecule has 0 N–H and O–H groups in total. The molecule has 45 heavy (non-hydrogen) atoms. The molecule has 6 aromatic rings. The summed E-state index contributed by atoms with van der Waals surface area (Å²) in [6, 6.07) is 25.9. The summed E-state index contributed by atoms with van der Waals surface area (Å²) in [7, 11) is -1.34. The van der Waals surface area contributed by atoms with Gasteiger partial charge in [-0.25, -0.2) is 0 Å². The van der Waals surface area contributed by atoms with Crippen LogP contribution in [0.5, 0.6) is 0 Å². The zero-order valence-electron chi connectivity index (χ0n) is 27.4. The van der Waals surface area contributed by atoms with Crippen molar-refractivity contribution in [2.24, 2.45) is 5.92 Å². The molecule has 0 amide bonds. The fraction of sp³-hybridized carbons (Fsp3) is 0.308. The molecule has 0 bridgehead atoms. The van der Waals surface area contributed by atoms with Crippen LogP contribution >= 0.6 is 0 Å². The summed E-state index contributed by atoms with van der Waals surface area (Å²) >= 11 is 0. The number of hydrogen-bond donors (Lipinski definition) is 0. The molecule has 2 aromatic carbocycles. The van der Waals surface area contributed by atoms with E-state index in [4.69, 9.17) is 4.42 Å². The third-order valence-corrected chi connectivity index (χ3v) is 10.2. The van der Waals surface area contributed by atoms with Crippen LogP contribution in [-0.2, 0) is 26.5 Å². The standard InChI is InChI=1S/C21H19N2O.C18H24NSi.Ir/c1-3-14(4-2)15-9-10-23-19(11-15)18-13-22-12-17-16-7-5-6-8-20(16)24-21(17)18;1-14(2)11-16-12-17(15-9-7-6-8-10-15)19-13-18(16)20(3,4)5;/h5-12,14H,3-4H2,1-2H3;6-9,12-14H,11H2,1-5H3;/q2*-1;. The van der Waals surface area contributed by atoms with Crippen LogP contribution in [0.3, 0.4) is 0 Å². The number of hydrogen-bond acceptors (Lipinski definition) is 4. The van der Waals surface area contributed by atoms with Gasteiger partial charge in [-0.1, -0.05) is 94.4 Å². The molecule has 0 spiro atoms. The van der Waals surface area contributed by atoms with Crippen molar-refractivity contribution in [3.05, 3.63) is 109 Å². The number of pyridine rings is 3. The van der Waals surface area contributed by atoms with E-state index in [1.165, 1.54) is 16.3 Å². The minimum absolute atomic E-state index is 0. The van der Waals surface area contributed by atoms with Gasteiger partial charge >= 0.3 is 0 Å². The molecule has 0 fully saturated rings. The van der Waals surface area contributed by atoms with Gasteiger partial charge in [0, 0.05) is 37.9 Å². The number of nitrogens with zero attached hydrogens (tertiary/aromatic N) is 3. The van der Waals surface area contributed by atoms with Crippen molar-refractivity contribution in [1.82, 2.24) is 15.0 Å². The minimum Gasteiger partial charge on any atom is -0.500 e. The Morgan fingerprint density at radius 2 is 1.60 bits per heavy atom. The molecule has 0 atom stereocenters. The predicted molar refractivity (Wildman–Crippen MR) is 187 cm³/mol. The second kappa shape index (κ2) is 15.2. The molecule has 0 aliphatic rings. The molecule has 4 aromatic heterocycles. The summed E-state index contributed by atoms with van der Waals surface area (Å²) in [6.45, 7) is 16.2. The van der Waals surface area contributed by atoms with Crippen LogP contribution in [0.2, 0.25) is 19.6 Å². The Kier molecular flexibility index (Phi) is 11.7. The fourth-order valence-corrected chi connectivity index (χ4v) is 7.43. The van der Waals surface area contributed by atoms with E-state index in [2.05, 4.69) is 111 Å². The monoisotopic (exact) mass is 790 g/mol. The quantitative estimate of drug-likeness (QED) is 0.114. The molecular weight excluding hydrogens is 747 g/mol. The predicted octanol–water partition coefficient (Wildman–Crippen LogP) is 10.0. The zero-order chi connectivity index (χ0) is 31.3. The van der Waals surface area contributed by atoms with Crippen molar-refractivity contribution < 1.29 is 24.5 Å². The van der Waals surface area contributed by atoms with Crippen LogP contribution in [-0.4, -0.2) is 23.0 Å². The number of para-hydroxylation sites is 1. The number of aromatic nitrogens is 3. The largest absolute Gasteiger partial charge is 0.500 e. The van der Waals surface area contributed by atoms with E-state index in [-0.39, 0.29) is 20.1 Å². The third kappa shape index (κ3) is 8.05. The molecule has 235 valence electrons. The summed E-state index contributed by atoms with van der Waals surface area (Å²) in [5, 5.41) is 3.58. The molecule has 4 nitrogen and oxygen atoms in total. The number of furan rings is 1. The first-order valence-corrected chi connectivity index (χ1v) is 19.3. The Morgan fingerprint density at radius 3 is 2.29 bits per heavy atom. The van der Waals surface area contributed by atoms with Crippen molar-refractivity contribution in [3.63, 3.8) is 0 Å². The van der Waals surface area contributed by atoms with Gasteiger partial charge in [-0.2, -0.15) is 0 Å². The van der Waals surface area contributed by atoms with Gasteiger partial charge in [0.25, 0.3) is 0 Å². The second-order valence-electron chi connectivity index (χ2n) is 12.9. The van der Waals surface area contributed by atoms with E-state index in [1.54, 1.807) is 0 Å². The SMILES string of the molecule is CC(C)Cc1cc(-c2[c-]cccc2)ncc1[Si](C)(C)C.CCC(CC)c1ccnc(-c2[c-]ncc3c2oc2ccccc23)c1.[Ir]. The van der Waals surface area contributed by atoms with Crippen LogP contribution < -0.4 is 5.19 Å². The van der Waals surface area contributed by atoms with Crippen LogP contribution in [0.15, 0.2) is 89.7 Å². The minimum atomic E-state index is -1.34. The summed E-state index contributed by atoms with van der Waals surface area (Å²) in [6.07, 6.45) is 12.3. The van der Waals surface area contributed by atoms with Crippen molar-refractivity contribution in [2.45, 2.75) is 72.5 Å². The third-order valence-electron chi connectivity index (χ3n) is 8.14. The molecule has 0 aliphatic heterocycles. The Balaban J connectivity index is 0.000000204. The summed E-state index contributed by atoms with van der Waals surface area (Å²) in [5.41, 5.74) is 8.29. The van der Waals surface area contributed by atoms with E-state index in [9.17, 15) is 0 Å². The maximum absolute atomic E-state index is 6.08. The zero-order valence-corrected chi connectivity index (χ0v) is 30.8. The van der Waals surface area contributed by atoms with E-state index in [1.807, 2.05) is 48.8 Å². The first-order valence-electron chi connectivity index (χ1n) is 15.8. The molecule has 0 aliphatic carbocycles. The first kappa shape index (κ1) is 34.4.